The summed E-state index contributed by atoms with van der Waals surface area (Å²) in [5.74, 6) is -0.386. The zero-order valence-corrected chi connectivity index (χ0v) is 13.9. The number of halogens is 2. The number of nitrogens with zero attached hydrogens (tertiary/aromatic N) is 1. The lowest BCUT2D eigenvalue weighted by atomic mass is 10.1. The van der Waals surface area contributed by atoms with Gasteiger partial charge in [-0.15, -0.1) is 0 Å². The Kier molecular flexibility index (Phi) is 5.15. The van der Waals surface area contributed by atoms with Crippen LogP contribution < -0.4 is 5.32 Å². The van der Waals surface area contributed by atoms with Gasteiger partial charge < -0.3 is 5.32 Å². The molecule has 0 aromatic heterocycles. The summed E-state index contributed by atoms with van der Waals surface area (Å²) >= 11 is 9.01. The van der Waals surface area contributed by atoms with Gasteiger partial charge in [0.1, 0.15) is 0 Å². The Morgan fingerprint density at radius 3 is 2.68 bits per heavy atom. The topological polar surface area (TPSA) is 72.2 Å². The quantitative estimate of drug-likeness (QED) is 0.624. The van der Waals surface area contributed by atoms with Crippen LogP contribution >= 0.6 is 27.5 Å². The third-order valence-corrected chi connectivity index (χ3v) is 4.01. The van der Waals surface area contributed by atoms with Crippen molar-refractivity contribution in [2.75, 3.05) is 0 Å². The molecule has 0 saturated heterocycles. The van der Waals surface area contributed by atoms with Crippen molar-refractivity contribution in [3.05, 3.63) is 73.2 Å². The summed E-state index contributed by atoms with van der Waals surface area (Å²) in [5.41, 5.74) is 0.930. The van der Waals surface area contributed by atoms with Crippen LogP contribution in [0.5, 0.6) is 0 Å². The summed E-state index contributed by atoms with van der Waals surface area (Å²) in [6.45, 7) is 1.82. The van der Waals surface area contributed by atoms with Crippen molar-refractivity contribution in [2.45, 2.75) is 13.0 Å². The Morgan fingerprint density at radius 1 is 1.32 bits per heavy atom. The highest BCUT2D eigenvalue weighted by Gasteiger charge is 2.17. The second kappa shape index (κ2) is 6.89. The third kappa shape index (κ3) is 3.84. The van der Waals surface area contributed by atoms with E-state index in [1.54, 1.807) is 18.2 Å². The predicted octanol–water partition coefficient (Wildman–Crippen LogP) is 4.50. The number of amides is 1. The third-order valence-electron chi connectivity index (χ3n) is 3.10. The Hall–Kier alpha value is -1.92. The molecule has 0 saturated carbocycles. The van der Waals surface area contributed by atoms with E-state index in [1.807, 2.05) is 13.0 Å². The summed E-state index contributed by atoms with van der Waals surface area (Å²) in [4.78, 5) is 22.6. The molecule has 0 aliphatic heterocycles. The molecule has 0 bridgehead atoms. The summed E-state index contributed by atoms with van der Waals surface area (Å²) < 4.78 is 0.330. The highest BCUT2D eigenvalue weighted by Crippen LogP contribution is 2.26. The fraction of sp³-hybridized carbons (Fsp3) is 0.133. The molecule has 0 spiro atoms. The molecule has 0 radical (unpaired) electrons. The molecule has 2 aromatic carbocycles. The van der Waals surface area contributed by atoms with Crippen molar-refractivity contribution < 1.29 is 9.72 Å². The summed E-state index contributed by atoms with van der Waals surface area (Å²) in [5, 5.41) is 14.3. The van der Waals surface area contributed by atoms with E-state index in [0.29, 0.717) is 9.50 Å². The van der Waals surface area contributed by atoms with Crippen LogP contribution in [0.3, 0.4) is 0 Å². The number of nitro benzene ring substituents is 1. The van der Waals surface area contributed by atoms with E-state index in [4.69, 9.17) is 11.6 Å². The number of nitrogens with one attached hydrogen (secondary N) is 1. The molecule has 0 aliphatic rings. The van der Waals surface area contributed by atoms with Crippen LogP contribution in [0.1, 0.15) is 28.9 Å². The van der Waals surface area contributed by atoms with Gasteiger partial charge in [-0.3, -0.25) is 14.9 Å². The van der Waals surface area contributed by atoms with E-state index in [0.717, 1.165) is 5.56 Å². The molecule has 0 heterocycles. The van der Waals surface area contributed by atoms with Crippen LogP contribution in [-0.4, -0.2) is 10.8 Å². The van der Waals surface area contributed by atoms with Gasteiger partial charge in [0.05, 0.1) is 15.4 Å². The first kappa shape index (κ1) is 16.5. The number of hydrogen-bond acceptors (Lipinski definition) is 3. The van der Waals surface area contributed by atoms with Gasteiger partial charge in [-0.25, -0.2) is 0 Å². The zero-order valence-electron chi connectivity index (χ0n) is 11.5. The van der Waals surface area contributed by atoms with E-state index in [-0.39, 0.29) is 23.2 Å². The lowest BCUT2D eigenvalue weighted by molar-refractivity contribution is -0.385. The van der Waals surface area contributed by atoms with Crippen molar-refractivity contribution in [1.82, 2.24) is 5.32 Å². The molecule has 114 valence electrons. The summed E-state index contributed by atoms with van der Waals surface area (Å²) in [6.07, 6.45) is 0. The normalized spacial score (nSPS) is 11.8. The molecular weight excluding hydrogens is 372 g/mol. The first-order valence-corrected chi connectivity index (χ1v) is 7.56. The molecule has 1 amide bonds. The Labute approximate surface area is 140 Å². The standard InChI is InChI=1S/C15H12BrClN2O3/c1-9(10-3-2-4-12(17)7-10)18-15(20)11-5-6-13(16)14(8-11)19(21)22/h2-9H,1H3,(H,18,20)/t9-/m1/s1. The van der Waals surface area contributed by atoms with Crippen LogP contribution in [0.15, 0.2) is 46.9 Å². The molecule has 2 rings (SSSR count). The molecule has 2 aromatic rings. The minimum Gasteiger partial charge on any atom is -0.346 e. The average Bonchev–Trinajstić information content (AvgIpc) is 2.47. The molecule has 5 nitrogen and oxygen atoms in total. The number of hydrogen-bond donors (Lipinski definition) is 1. The van der Waals surface area contributed by atoms with E-state index >= 15 is 0 Å². The van der Waals surface area contributed by atoms with Crippen LogP contribution in [0.4, 0.5) is 5.69 Å². The first-order chi connectivity index (χ1) is 10.4. The monoisotopic (exact) mass is 382 g/mol. The number of benzene rings is 2. The van der Waals surface area contributed by atoms with Gasteiger partial charge in [-0.1, -0.05) is 23.7 Å². The van der Waals surface area contributed by atoms with Gasteiger partial charge in [0.2, 0.25) is 0 Å². The van der Waals surface area contributed by atoms with Gasteiger partial charge in [-0.05, 0) is 52.7 Å². The number of nitro groups is 1. The van der Waals surface area contributed by atoms with Gasteiger partial charge >= 0.3 is 0 Å². The molecular formula is C15H12BrClN2O3. The lowest BCUT2D eigenvalue weighted by Gasteiger charge is -2.14. The van der Waals surface area contributed by atoms with Crippen molar-refractivity contribution in [1.29, 1.82) is 0 Å². The van der Waals surface area contributed by atoms with E-state index in [1.165, 1.54) is 18.2 Å². The van der Waals surface area contributed by atoms with E-state index in [2.05, 4.69) is 21.2 Å². The molecule has 1 atom stereocenters. The fourth-order valence-electron chi connectivity index (χ4n) is 1.93. The minimum atomic E-state index is -0.540. The van der Waals surface area contributed by atoms with Gasteiger partial charge in [-0.2, -0.15) is 0 Å². The lowest BCUT2D eigenvalue weighted by Crippen LogP contribution is -2.26. The molecule has 1 N–H and O–H groups in total. The maximum absolute atomic E-state index is 12.2. The fourth-order valence-corrected chi connectivity index (χ4v) is 2.52. The van der Waals surface area contributed by atoms with Gasteiger partial charge in [0.15, 0.2) is 0 Å². The predicted molar refractivity (Wildman–Crippen MR) is 88.1 cm³/mol. The Balaban J connectivity index is 2.19. The minimum absolute atomic E-state index is 0.150. The zero-order chi connectivity index (χ0) is 16.3. The van der Waals surface area contributed by atoms with E-state index < -0.39 is 4.92 Å². The van der Waals surface area contributed by atoms with Crippen LogP contribution in [-0.2, 0) is 0 Å². The summed E-state index contributed by atoms with van der Waals surface area (Å²) in [6, 6.07) is 11.1. The molecule has 22 heavy (non-hydrogen) atoms. The highest BCUT2D eigenvalue weighted by molar-refractivity contribution is 9.10. The maximum Gasteiger partial charge on any atom is 0.284 e. The van der Waals surface area contributed by atoms with Gasteiger partial charge in [0, 0.05) is 16.7 Å². The second-order valence-corrected chi connectivity index (χ2v) is 5.96. The highest BCUT2D eigenvalue weighted by atomic mass is 79.9. The number of carbonyl (C=O) groups is 1. The largest absolute Gasteiger partial charge is 0.346 e. The molecule has 0 unspecified atom stereocenters. The van der Waals surface area contributed by atoms with Crippen LogP contribution in [0, 0.1) is 10.1 Å². The van der Waals surface area contributed by atoms with Crippen LogP contribution in [0.2, 0.25) is 5.02 Å². The summed E-state index contributed by atoms with van der Waals surface area (Å²) in [7, 11) is 0. The second-order valence-electron chi connectivity index (χ2n) is 4.67. The van der Waals surface area contributed by atoms with Crippen LogP contribution in [0.25, 0.3) is 0 Å². The smallest absolute Gasteiger partial charge is 0.284 e. The molecule has 7 heteroatoms. The Morgan fingerprint density at radius 2 is 2.05 bits per heavy atom. The van der Waals surface area contributed by atoms with Crippen molar-refractivity contribution in [2.24, 2.45) is 0 Å². The SMILES string of the molecule is C[C@@H](NC(=O)c1ccc(Br)c([N+](=O)[O-])c1)c1cccc(Cl)c1. The van der Waals surface area contributed by atoms with Crippen molar-refractivity contribution in [3.8, 4) is 0 Å². The maximum atomic E-state index is 12.2. The van der Waals surface area contributed by atoms with E-state index in [9.17, 15) is 14.9 Å². The molecule has 0 aliphatic carbocycles. The molecule has 0 fully saturated rings. The first-order valence-electron chi connectivity index (χ1n) is 6.38. The number of carbonyl (C=O) groups excluding carboxylic acids is 1. The van der Waals surface area contributed by atoms with Crippen molar-refractivity contribution in [3.63, 3.8) is 0 Å². The van der Waals surface area contributed by atoms with Gasteiger partial charge in [0.25, 0.3) is 11.6 Å². The average molecular weight is 384 g/mol. The van der Waals surface area contributed by atoms with Crippen molar-refractivity contribution >= 4 is 39.1 Å². The number of rotatable bonds is 4. The Bertz CT molecular complexity index is 736.